The van der Waals surface area contributed by atoms with Gasteiger partial charge in [0.1, 0.15) is 0 Å². The minimum atomic E-state index is -1.76. The molecular formula is C12H22N2O5. The largest absolute Gasteiger partial charge is 0.480 e. The van der Waals surface area contributed by atoms with Gasteiger partial charge < -0.3 is 15.9 Å². The molecule has 0 saturated carbocycles. The van der Waals surface area contributed by atoms with Crippen LogP contribution in [0.4, 0.5) is 0 Å². The van der Waals surface area contributed by atoms with Gasteiger partial charge in [-0.2, -0.15) is 0 Å². The van der Waals surface area contributed by atoms with Crippen molar-refractivity contribution in [2.45, 2.75) is 58.2 Å². The summed E-state index contributed by atoms with van der Waals surface area (Å²) in [5, 5.41) is 19.1. The second kappa shape index (κ2) is 6.63. The van der Waals surface area contributed by atoms with E-state index < -0.39 is 35.5 Å². The van der Waals surface area contributed by atoms with E-state index in [0.29, 0.717) is 11.3 Å². The lowest BCUT2D eigenvalue weighted by molar-refractivity contribution is -0.168. The molecule has 2 atom stereocenters. The van der Waals surface area contributed by atoms with Crippen molar-refractivity contribution in [1.29, 1.82) is 0 Å². The molecule has 19 heavy (non-hydrogen) atoms. The van der Waals surface area contributed by atoms with Gasteiger partial charge in [0.2, 0.25) is 11.8 Å². The monoisotopic (exact) mass is 274 g/mol. The van der Waals surface area contributed by atoms with Crippen LogP contribution >= 0.6 is 0 Å². The summed E-state index contributed by atoms with van der Waals surface area (Å²) in [6, 6.07) is -2.69. The molecule has 0 bridgehead atoms. The van der Waals surface area contributed by atoms with Crippen LogP contribution in [0.3, 0.4) is 0 Å². The lowest BCUT2D eigenvalue weighted by Crippen LogP contribution is -2.61. The summed E-state index contributed by atoms with van der Waals surface area (Å²) in [6.07, 6.45) is 0.470. The number of carbonyl (C=O) groups is 3. The van der Waals surface area contributed by atoms with E-state index in [1.165, 1.54) is 20.8 Å². The molecule has 2 unspecified atom stereocenters. The Balaban J connectivity index is 5.60. The summed E-state index contributed by atoms with van der Waals surface area (Å²) in [6.45, 7) is 5.54. The van der Waals surface area contributed by atoms with Crippen LogP contribution in [0.2, 0.25) is 0 Å². The number of imide groups is 1. The van der Waals surface area contributed by atoms with E-state index in [2.05, 4.69) is 0 Å². The third-order valence-corrected chi connectivity index (χ3v) is 2.52. The van der Waals surface area contributed by atoms with E-state index in [4.69, 9.17) is 5.73 Å². The molecule has 0 rings (SSSR count). The standard InChI is InChI=1S/C12H22N2O5/c1-5-6-8(15)14(10(16)7(2)13)9(11(17)18)12(3,4)19/h7,9,19H,5-6,13H2,1-4H3,(H,17,18). The van der Waals surface area contributed by atoms with Gasteiger partial charge in [-0.1, -0.05) is 6.92 Å². The molecule has 4 N–H and O–H groups in total. The van der Waals surface area contributed by atoms with Gasteiger partial charge in [-0.05, 0) is 27.2 Å². The molecule has 0 aliphatic rings. The second-order valence-electron chi connectivity index (χ2n) is 5.04. The van der Waals surface area contributed by atoms with Gasteiger partial charge in [0.15, 0.2) is 6.04 Å². The summed E-state index contributed by atoms with van der Waals surface area (Å²) >= 11 is 0. The first-order chi connectivity index (χ1) is 8.53. The molecule has 0 radical (unpaired) electrons. The zero-order valence-electron chi connectivity index (χ0n) is 11.7. The number of aliphatic carboxylic acids is 1. The van der Waals surface area contributed by atoms with Crippen LogP contribution in [-0.2, 0) is 14.4 Å². The topological polar surface area (TPSA) is 121 Å². The average molecular weight is 274 g/mol. The van der Waals surface area contributed by atoms with Crippen molar-refractivity contribution in [2.24, 2.45) is 5.73 Å². The maximum absolute atomic E-state index is 12.0. The summed E-state index contributed by atoms with van der Waals surface area (Å²) in [7, 11) is 0. The highest BCUT2D eigenvalue weighted by Gasteiger charge is 2.44. The molecule has 0 aliphatic carbocycles. The predicted molar refractivity (Wildman–Crippen MR) is 68.1 cm³/mol. The Hall–Kier alpha value is -1.47. The summed E-state index contributed by atoms with van der Waals surface area (Å²) < 4.78 is 0. The molecule has 2 amide bonds. The van der Waals surface area contributed by atoms with Crippen molar-refractivity contribution in [3.05, 3.63) is 0 Å². The normalized spacial score (nSPS) is 14.6. The summed E-state index contributed by atoms with van der Waals surface area (Å²) in [5.41, 5.74) is 3.67. The van der Waals surface area contributed by atoms with Crippen LogP contribution in [0.15, 0.2) is 0 Å². The number of hydrogen-bond acceptors (Lipinski definition) is 5. The first-order valence-corrected chi connectivity index (χ1v) is 6.10. The zero-order valence-corrected chi connectivity index (χ0v) is 11.7. The number of carboxylic acid groups (broad SMARTS) is 1. The fourth-order valence-corrected chi connectivity index (χ4v) is 1.68. The number of carboxylic acids is 1. The van der Waals surface area contributed by atoms with E-state index >= 15 is 0 Å². The first-order valence-electron chi connectivity index (χ1n) is 6.10. The Bertz CT molecular complexity index is 360. The molecule has 0 aliphatic heterocycles. The molecule has 7 heteroatoms. The van der Waals surface area contributed by atoms with E-state index in [1.807, 2.05) is 0 Å². The van der Waals surface area contributed by atoms with Crippen LogP contribution in [0.5, 0.6) is 0 Å². The molecule has 0 aromatic rings. The van der Waals surface area contributed by atoms with Crippen molar-refractivity contribution in [1.82, 2.24) is 4.90 Å². The number of hydrogen-bond donors (Lipinski definition) is 3. The van der Waals surface area contributed by atoms with Crippen LogP contribution < -0.4 is 5.73 Å². The van der Waals surface area contributed by atoms with Crippen LogP contribution in [0, 0.1) is 0 Å². The van der Waals surface area contributed by atoms with Gasteiger partial charge in [0, 0.05) is 6.42 Å². The van der Waals surface area contributed by atoms with Gasteiger partial charge >= 0.3 is 5.97 Å². The molecule has 110 valence electrons. The van der Waals surface area contributed by atoms with Gasteiger partial charge in [0.05, 0.1) is 11.6 Å². The van der Waals surface area contributed by atoms with Crippen molar-refractivity contribution >= 4 is 17.8 Å². The average Bonchev–Trinajstić information content (AvgIpc) is 2.22. The molecule has 0 fully saturated rings. The van der Waals surface area contributed by atoms with Crippen LogP contribution in [-0.4, -0.2) is 50.6 Å². The Labute approximate surface area is 112 Å². The minimum absolute atomic E-state index is 0.0122. The highest BCUT2D eigenvalue weighted by molar-refractivity contribution is 6.01. The second-order valence-corrected chi connectivity index (χ2v) is 5.04. The van der Waals surface area contributed by atoms with E-state index in [1.54, 1.807) is 6.92 Å². The number of amides is 2. The lowest BCUT2D eigenvalue weighted by atomic mass is 9.96. The molecule has 0 spiro atoms. The van der Waals surface area contributed by atoms with Crippen LogP contribution in [0.1, 0.15) is 40.5 Å². The third kappa shape index (κ3) is 4.60. The van der Waals surface area contributed by atoms with Crippen molar-refractivity contribution in [3.63, 3.8) is 0 Å². The predicted octanol–water partition coefficient (Wildman–Crippen LogP) is -0.287. The molecular weight excluding hydrogens is 252 g/mol. The fraction of sp³-hybridized carbons (Fsp3) is 0.750. The molecule has 7 nitrogen and oxygen atoms in total. The van der Waals surface area contributed by atoms with Gasteiger partial charge in [-0.15, -0.1) is 0 Å². The Morgan fingerprint density at radius 1 is 1.32 bits per heavy atom. The lowest BCUT2D eigenvalue weighted by Gasteiger charge is -2.35. The third-order valence-electron chi connectivity index (χ3n) is 2.52. The van der Waals surface area contributed by atoms with Gasteiger partial charge in [-0.25, -0.2) is 4.79 Å². The number of carbonyl (C=O) groups excluding carboxylic acids is 2. The molecule has 0 aromatic carbocycles. The van der Waals surface area contributed by atoms with E-state index in [-0.39, 0.29) is 6.42 Å². The smallest absolute Gasteiger partial charge is 0.329 e. The molecule has 0 saturated heterocycles. The maximum Gasteiger partial charge on any atom is 0.329 e. The number of aliphatic hydroxyl groups is 1. The molecule has 0 aromatic heterocycles. The Kier molecular flexibility index (Phi) is 6.11. The van der Waals surface area contributed by atoms with Crippen LogP contribution in [0.25, 0.3) is 0 Å². The van der Waals surface area contributed by atoms with E-state index in [0.717, 1.165) is 0 Å². The summed E-state index contributed by atoms with van der Waals surface area (Å²) in [5.74, 6) is -2.92. The van der Waals surface area contributed by atoms with E-state index in [9.17, 15) is 24.6 Å². The highest BCUT2D eigenvalue weighted by atomic mass is 16.4. The number of rotatable bonds is 6. The van der Waals surface area contributed by atoms with Gasteiger partial charge in [-0.3, -0.25) is 14.5 Å². The highest BCUT2D eigenvalue weighted by Crippen LogP contribution is 2.19. The zero-order chi connectivity index (χ0) is 15.4. The number of nitrogens with two attached hydrogens (primary N) is 1. The fourth-order valence-electron chi connectivity index (χ4n) is 1.68. The van der Waals surface area contributed by atoms with Crippen molar-refractivity contribution in [2.75, 3.05) is 0 Å². The SMILES string of the molecule is CCCC(=O)N(C(=O)C(C)N)C(C(=O)O)C(C)(C)O. The first kappa shape index (κ1) is 17.5. The Morgan fingerprint density at radius 3 is 2.05 bits per heavy atom. The van der Waals surface area contributed by atoms with Gasteiger partial charge in [0.25, 0.3) is 0 Å². The van der Waals surface area contributed by atoms with Crippen molar-refractivity contribution < 1.29 is 24.6 Å². The minimum Gasteiger partial charge on any atom is -0.480 e. The van der Waals surface area contributed by atoms with Crippen molar-refractivity contribution in [3.8, 4) is 0 Å². The quantitative estimate of drug-likeness (QED) is 0.612. The molecule has 0 heterocycles. The summed E-state index contributed by atoms with van der Waals surface area (Å²) in [4.78, 5) is 35.8. The Morgan fingerprint density at radius 2 is 1.79 bits per heavy atom. The number of nitrogens with zero attached hydrogens (tertiary/aromatic N) is 1. The maximum atomic E-state index is 12.0.